The zero-order valence-electron chi connectivity index (χ0n) is 16.1. The molecule has 4 aromatic carbocycles. The Balaban J connectivity index is 1.79. The third-order valence-corrected chi connectivity index (χ3v) is 6.76. The summed E-state index contributed by atoms with van der Waals surface area (Å²) >= 11 is 0. The number of rotatable bonds is 0. The molecule has 136 valence electrons. The molecule has 7 rings (SSSR count). The standard InChI is InChI=1S/C27H18N2/c1-27-22-14-5-4-10-18(22)20-13-8-12-19(25(20)27)17-9-2-3-11-21(17)26-28-23-15-6-7-16-24(23)29(26)27/h2-16H,1H3. The fourth-order valence-electron chi connectivity index (χ4n) is 5.61. The Hall–Kier alpha value is -3.65. The maximum absolute atomic E-state index is 5.14. The summed E-state index contributed by atoms with van der Waals surface area (Å²) in [6.07, 6.45) is 0. The van der Waals surface area contributed by atoms with Crippen LogP contribution in [0, 0.1) is 0 Å². The van der Waals surface area contributed by atoms with Gasteiger partial charge < -0.3 is 4.57 Å². The van der Waals surface area contributed by atoms with Crippen LogP contribution in [0.5, 0.6) is 0 Å². The average Bonchev–Trinajstić information content (AvgIpc) is 3.26. The molecule has 1 aromatic heterocycles. The van der Waals surface area contributed by atoms with Gasteiger partial charge in [-0.05, 0) is 52.4 Å². The highest BCUT2D eigenvalue weighted by atomic mass is 15.2. The first kappa shape index (κ1) is 15.3. The quantitative estimate of drug-likeness (QED) is 0.305. The summed E-state index contributed by atoms with van der Waals surface area (Å²) in [7, 11) is 0. The molecule has 0 N–H and O–H groups in total. The summed E-state index contributed by atoms with van der Waals surface area (Å²) in [5.41, 5.74) is 11.1. The van der Waals surface area contributed by atoms with Gasteiger partial charge in [-0.2, -0.15) is 0 Å². The predicted molar refractivity (Wildman–Crippen MR) is 118 cm³/mol. The van der Waals surface area contributed by atoms with E-state index in [4.69, 9.17) is 4.98 Å². The third kappa shape index (κ3) is 1.67. The Labute approximate surface area is 169 Å². The second-order valence-corrected chi connectivity index (χ2v) is 8.15. The van der Waals surface area contributed by atoms with E-state index in [0.29, 0.717) is 0 Å². The Bertz CT molecular complexity index is 1470. The highest BCUT2D eigenvalue weighted by Crippen LogP contribution is 2.57. The summed E-state index contributed by atoms with van der Waals surface area (Å²) in [5, 5.41) is 0. The minimum atomic E-state index is -0.313. The fourth-order valence-corrected chi connectivity index (χ4v) is 5.61. The number of benzene rings is 4. The largest absolute Gasteiger partial charge is 0.310 e. The van der Waals surface area contributed by atoms with Gasteiger partial charge in [0.2, 0.25) is 0 Å². The first-order chi connectivity index (χ1) is 14.3. The van der Waals surface area contributed by atoms with Crippen LogP contribution in [0.2, 0.25) is 0 Å². The maximum Gasteiger partial charge on any atom is 0.142 e. The van der Waals surface area contributed by atoms with Gasteiger partial charge in [0, 0.05) is 5.56 Å². The number of imidazole rings is 1. The minimum Gasteiger partial charge on any atom is -0.310 e. The summed E-state index contributed by atoms with van der Waals surface area (Å²) in [6.45, 7) is 2.37. The lowest BCUT2D eigenvalue weighted by Crippen LogP contribution is -2.31. The first-order valence-corrected chi connectivity index (χ1v) is 10.1. The molecule has 2 aliphatic rings. The summed E-state index contributed by atoms with van der Waals surface area (Å²) in [5.74, 6) is 1.04. The molecule has 0 saturated heterocycles. The van der Waals surface area contributed by atoms with Crippen LogP contribution in [0.1, 0.15) is 18.1 Å². The number of hydrogen-bond acceptors (Lipinski definition) is 1. The van der Waals surface area contributed by atoms with Crippen molar-refractivity contribution in [1.82, 2.24) is 9.55 Å². The van der Waals surface area contributed by atoms with Gasteiger partial charge in [0.1, 0.15) is 5.82 Å². The smallest absolute Gasteiger partial charge is 0.142 e. The van der Waals surface area contributed by atoms with E-state index in [9.17, 15) is 0 Å². The Morgan fingerprint density at radius 1 is 0.621 bits per heavy atom. The van der Waals surface area contributed by atoms with Crippen molar-refractivity contribution < 1.29 is 0 Å². The number of nitrogens with zero attached hydrogens (tertiary/aromatic N) is 2. The van der Waals surface area contributed by atoms with Gasteiger partial charge in [0.25, 0.3) is 0 Å². The maximum atomic E-state index is 5.14. The van der Waals surface area contributed by atoms with Crippen LogP contribution >= 0.6 is 0 Å². The molecule has 1 atom stereocenters. The average molecular weight is 370 g/mol. The van der Waals surface area contributed by atoms with E-state index in [2.05, 4.69) is 102 Å². The zero-order chi connectivity index (χ0) is 19.2. The molecule has 0 spiro atoms. The van der Waals surface area contributed by atoms with Crippen LogP contribution in [-0.4, -0.2) is 9.55 Å². The molecule has 0 radical (unpaired) electrons. The van der Waals surface area contributed by atoms with Crippen molar-refractivity contribution in [3.05, 3.63) is 102 Å². The van der Waals surface area contributed by atoms with Crippen LogP contribution in [0.25, 0.3) is 44.7 Å². The van der Waals surface area contributed by atoms with Gasteiger partial charge in [0.15, 0.2) is 0 Å². The number of hydrogen-bond donors (Lipinski definition) is 0. The van der Waals surface area contributed by atoms with E-state index in [1.165, 1.54) is 44.5 Å². The van der Waals surface area contributed by atoms with Crippen molar-refractivity contribution in [2.24, 2.45) is 0 Å². The second kappa shape index (κ2) is 5.03. The number of aromatic nitrogens is 2. The lowest BCUT2D eigenvalue weighted by Gasteiger charge is -2.31. The number of para-hydroxylation sites is 2. The molecule has 1 aliphatic heterocycles. The third-order valence-electron chi connectivity index (χ3n) is 6.76. The lowest BCUT2D eigenvalue weighted by atomic mass is 9.84. The Kier molecular flexibility index (Phi) is 2.66. The zero-order valence-corrected chi connectivity index (χ0v) is 16.1. The van der Waals surface area contributed by atoms with E-state index >= 15 is 0 Å². The molecule has 2 nitrogen and oxygen atoms in total. The predicted octanol–water partition coefficient (Wildman–Crippen LogP) is 6.48. The number of fused-ring (bicyclic) bond motifs is 10. The van der Waals surface area contributed by atoms with Gasteiger partial charge in [-0.15, -0.1) is 0 Å². The monoisotopic (exact) mass is 370 g/mol. The molecular formula is C27H18N2. The summed E-state index contributed by atoms with van der Waals surface area (Å²) < 4.78 is 2.47. The van der Waals surface area contributed by atoms with Crippen molar-refractivity contribution in [2.45, 2.75) is 12.5 Å². The van der Waals surface area contributed by atoms with Crippen LogP contribution in [0.4, 0.5) is 0 Å². The molecule has 29 heavy (non-hydrogen) atoms. The van der Waals surface area contributed by atoms with Crippen LogP contribution in [0.3, 0.4) is 0 Å². The Morgan fingerprint density at radius 2 is 1.24 bits per heavy atom. The molecule has 0 bridgehead atoms. The summed E-state index contributed by atoms with van der Waals surface area (Å²) in [6, 6.07) is 32.8. The van der Waals surface area contributed by atoms with E-state index in [0.717, 1.165) is 11.3 Å². The molecule has 1 unspecified atom stereocenters. The van der Waals surface area contributed by atoms with Crippen LogP contribution in [0.15, 0.2) is 91.0 Å². The molecule has 2 heteroatoms. The molecular weight excluding hydrogens is 352 g/mol. The van der Waals surface area contributed by atoms with Crippen molar-refractivity contribution in [3.63, 3.8) is 0 Å². The van der Waals surface area contributed by atoms with Gasteiger partial charge >= 0.3 is 0 Å². The lowest BCUT2D eigenvalue weighted by molar-refractivity contribution is 0.510. The molecule has 0 fully saturated rings. The van der Waals surface area contributed by atoms with Crippen molar-refractivity contribution >= 4 is 11.0 Å². The van der Waals surface area contributed by atoms with E-state index in [1.807, 2.05) is 0 Å². The van der Waals surface area contributed by atoms with Gasteiger partial charge in [0.05, 0.1) is 16.6 Å². The van der Waals surface area contributed by atoms with Crippen molar-refractivity contribution in [2.75, 3.05) is 0 Å². The first-order valence-electron chi connectivity index (χ1n) is 10.1. The van der Waals surface area contributed by atoms with Crippen molar-refractivity contribution in [3.8, 4) is 33.6 Å². The highest BCUT2D eigenvalue weighted by molar-refractivity contribution is 5.96. The minimum absolute atomic E-state index is 0.313. The van der Waals surface area contributed by atoms with Gasteiger partial charge in [-0.3, -0.25) is 0 Å². The van der Waals surface area contributed by atoms with Gasteiger partial charge in [-0.1, -0.05) is 78.9 Å². The highest BCUT2D eigenvalue weighted by Gasteiger charge is 2.46. The topological polar surface area (TPSA) is 17.8 Å². The SMILES string of the molecule is CC12c3ccccc3-c3cccc(c31)-c1ccccc1-c1nc3ccccc3n12. The molecule has 0 amide bonds. The van der Waals surface area contributed by atoms with E-state index in [1.54, 1.807) is 0 Å². The van der Waals surface area contributed by atoms with E-state index < -0.39 is 0 Å². The second-order valence-electron chi connectivity index (χ2n) is 8.15. The van der Waals surface area contributed by atoms with Crippen LogP contribution in [-0.2, 0) is 5.54 Å². The molecule has 5 aromatic rings. The fraction of sp³-hybridized carbons (Fsp3) is 0.0741. The molecule has 1 aliphatic carbocycles. The molecule has 2 heterocycles. The van der Waals surface area contributed by atoms with E-state index in [-0.39, 0.29) is 5.54 Å². The van der Waals surface area contributed by atoms with Crippen LogP contribution < -0.4 is 0 Å². The normalized spacial score (nSPS) is 18.0. The summed E-state index contributed by atoms with van der Waals surface area (Å²) in [4.78, 5) is 5.14. The van der Waals surface area contributed by atoms with Crippen molar-refractivity contribution in [1.29, 1.82) is 0 Å². The Morgan fingerprint density at radius 3 is 2.10 bits per heavy atom. The molecule has 0 saturated carbocycles. The van der Waals surface area contributed by atoms with Gasteiger partial charge in [-0.25, -0.2) is 4.98 Å².